The van der Waals surface area contributed by atoms with Crippen LogP contribution in [-0.4, -0.2) is 64.8 Å². The van der Waals surface area contributed by atoms with Gasteiger partial charge in [-0.05, 0) is 48.4 Å². The summed E-state index contributed by atoms with van der Waals surface area (Å²) in [5.41, 5.74) is 3.73. The predicted octanol–water partition coefficient (Wildman–Crippen LogP) is 5.54. The van der Waals surface area contributed by atoms with E-state index < -0.39 is 6.10 Å². The van der Waals surface area contributed by atoms with E-state index in [-0.39, 0.29) is 0 Å². The van der Waals surface area contributed by atoms with Crippen molar-refractivity contribution in [3.05, 3.63) is 81.2 Å². The minimum atomic E-state index is -0.410. The van der Waals surface area contributed by atoms with Crippen molar-refractivity contribution < 1.29 is 5.11 Å². The highest BCUT2D eigenvalue weighted by molar-refractivity contribution is 9.10. The fraction of sp³-hybridized carbons (Fsp3) is 0.333. The van der Waals surface area contributed by atoms with E-state index in [4.69, 9.17) is 0 Å². The van der Waals surface area contributed by atoms with Gasteiger partial charge in [-0.25, -0.2) is 0 Å². The summed E-state index contributed by atoms with van der Waals surface area (Å²) in [7, 11) is 0. The average molecular weight is 571 g/mol. The maximum Gasteiger partial charge on any atom is 0.0845 e. The number of halogens is 2. The lowest BCUT2D eigenvalue weighted by molar-refractivity contribution is 0.0659. The van der Waals surface area contributed by atoms with Crippen molar-refractivity contribution in [3.63, 3.8) is 0 Å². The van der Waals surface area contributed by atoms with Gasteiger partial charge in [-0.2, -0.15) is 0 Å². The number of hydrogen-bond acceptors (Lipinski definition) is 3. The van der Waals surface area contributed by atoms with Crippen LogP contribution >= 0.6 is 31.9 Å². The van der Waals surface area contributed by atoms with Gasteiger partial charge in [0.25, 0.3) is 0 Å². The quantitative estimate of drug-likeness (QED) is 0.316. The van der Waals surface area contributed by atoms with Crippen molar-refractivity contribution in [1.82, 2.24) is 14.4 Å². The lowest BCUT2D eigenvalue weighted by Gasteiger charge is -2.35. The SMILES string of the molecule is OC(CN1CCN(CCc2ccccc2)CC1)Cn1c2ccc(Br)cc2c2cc(Br)ccc21. The summed E-state index contributed by atoms with van der Waals surface area (Å²) in [5, 5.41) is 13.4. The van der Waals surface area contributed by atoms with Gasteiger partial charge in [0.1, 0.15) is 0 Å². The number of aromatic nitrogens is 1. The van der Waals surface area contributed by atoms with Crippen LogP contribution in [0.4, 0.5) is 0 Å². The van der Waals surface area contributed by atoms with E-state index in [2.05, 4.69) is 113 Å². The van der Waals surface area contributed by atoms with Gasteiger partial charge in [-0.1, -0.05) is 62.2 Å². The second-order valence-electron chi connectivity index (χ2n) is 8.97. The molecule has 0 radical (unpaired) electrons. The Bertz CT molecular complexity index is 1170. The van der Waals surface area contributed by atoms with Crippen LogP contribution in [0.25, 0.3) is 21.8 Å². The summed E-state index contributed by atoms with van der Waals surface area (Å²) in [6.07, 6.45) is 0.690. The molecule has 0 saturated carbocycles. The molecule has 0 aliphatic carbocycles. The summed E-state index contributed by atoms with van der Waals surface area (Å²) in [4.78, 5) is 4.95. The molecule has 4 nitrogen and oxygen atoms in total. The Balaban J connectivity index is 1.21. The minimum Gasteiger partial charge on any atom is -0.390 e. The zero-order valence-corrected chi connectivity index (χ0v) is 21.8. The van der Waals surface area contributed by atoms with E-state index in [1.807, 2.05) is 0 Å². The van der Waals surface area contributed by atoms with Gasteiger partial charge in [0.05, 0.1) is 12.6 Å². The summed E-state index contributed by atoms with van der Waals surface area (Å²) in [6, 6.07) is 23.5. The first-order valence-electron chi connectivity index (χ1n) is 11.6. The highest BCUT2D eigenvalue weighted by Gasteiger charge is 2.21. The number of nitrogens with zero attached hydrogens (tertiary/aromatic N) is 3. The van der Waals surface area contributed by atoms with E-state index >= 15 is 0 Å². The van der Waals surface area contributed by atoms with Crippen LogP contribution in [0.1, 0.15) is 5.56 Å². The second kappa shape index (κ2) is 10.3. The molecule has 1 aromatic heterocycles. The van der Waals surface area contributed by atoms with Crippen molar-refractivity contribution in [1.29, 1.82) is 0 Å². The van der Waals surface area contributed by atoms with Crippen LogP contribution in [0.3, 0.4) is 0 Å². The van der Waals surface area contributed by atoms with E-state index in [1.54, 1.807) is 0 Å². The molecule has 0 bridgehead atoms. The normalized spacial score (nSPS) is 16.6. The van der Waals surface area contributed by atoms with Crippen molar-refractivity contribution in [2.75, 3.05) is 39.3 Å². The third-order valence-corrected chi connectivity index (χ3v) is 7.66. The summed E-state index contributed by atoms with van der Waals surface area (Å²) in [6.45, 7) is 6.57. The minimum absolute atomic E-state index is 0.410. The summed E-state index contributed by atoms with van der Waals surface area (Å²) >= 11 is 7.22. The molecule has 1 atom stereocenters. The van der Waals surface area contributed by atoms with Crippen LogP contribution in [0.2, 0.25) is 0 Å². The molecule has 3 aromatic carbocycles. The largest absolute Gasteiger partial charge is 0.390 e. The van der Waals surface area contributed by atoms with E-state index in [0.29, 0.717) is 13.1 Å². The molecule has 1 aliphatic rings. The molecule has 0 amide bonds. The van der Waals surface area contributed by atoms with E-state index in [1.165, 1.54) is 16.3 Å². The molecule has 5 rings (SSSR count). The van der Waals surface area contributed by atoms with Gasteiger partial charge in [0, 0.05) is 70.0 Å². The van der Waals surface area contributed by atoms with E-state index in [0.717, 1.165) is 59.1 Å². The molecule has 1 aliphatic heterocycles. The van der Waals surface area contributed by atoms with Crippen molar-refractivity contribution >= 4 is 53.7 Å². The number of aliphatic hydroxyl groups is 1. The van der Waals surface area contributed by atoms with Crippen LogP contribution in [0.15, 0.2) is 75.7 Å². The molecule has 2 heterocycles. The van der Waals surface area contributed by atoms with Crippen LogP contribution < -0.4 is 0 Å². The number of fused-ring (bicyclic) bond motifs is 3. The van der Waals surface area contributed by atoms with Gasteiger partial charge in [0.2, 0.25) is 0 Å². The van der Waals surface area contributed by atoms with Crippen molar-refractivity contribution in [2.45, 2.75) is 19.1 Å². The molecular formula is C27H29Br2N3O. The number of β-amino-alcohol motifs (C(OH)–C–C–N with tert-alkyl or cyclic N) is 1. The zero-order chi connectivity index (χ0) is 22.8. The monoisotopic (exact) mass is 569 g/mol. The summed E-state index contributed by atoms with van der Waals surface area (Å²) in [5.74, 6) is 0. The van der Waals surface area contributed by atoms with Crippen LogP contribution in [0.5, 0.6) is 0 Å². The molecule has 1 fully saturated rings. The molecule has 1 unspecified atom stereocenters. The summed E-state index contributed by atoms with van der Waals surface area (Å²) < 4.78 is 4.41. The highest BCUT2D eigenvalue weighted by atomic mass is 79.9. The standard InChI is InChI=1S/C27H29Br2N3O/c28-21-6-8-26-24(16-21)25-17-22(29)7-9-27(25)32(26)19-23(33)18-31-14-12-30(13-15-31)11-10-20-4-2-1-3-5-20/h1-9,16-17,23,33H,10-15,18-19H2. The lowest BCUT2D eigenvalue weighted by atomic mass is 10.1. The van der Waals surface area contributed by atoms with Crippen molar-refractivity contribution in [3.8, 4) is 0 Å². The van der Waals surface area contributed by atoms with Crippen LogP contribution in [-0.2, 0) is 13.0 Å². The predicted molar refractivity (Wildman–Crippen MR) is 144 cm³/mol. The second-order valence-corrected chi connectivity index (χ2v) is 10.8. The zero-order valence-electron chi connectivity index (χ0n) is 18.6. The molecule has 1 saturated heterocycles. The van der Waals surface area contributed by atoms with E-state index in [9.17, 15) is 5.11 Å². The molecule has 33 heavy (non-hydrogen) atoms. The third-order valence-electron chi connectivity index (χ3n) is 6.68. The number of rotatable bonds is 7. The topological polar surface area (TPSA) is 31.6 Å². The molecule has 172 valence electrons. The Morgan fingerprint density at radius 1 is 0.727 bits per heavy atom. The number of aliphatic hydroxyl groups excluding tert-OH is 1. The first kappa shape index (κ1) is 23.1. The fourth-order valence-electron chi connectivity index (χ4n) is 4.94. The Kier molecular flexibility index (Phi) is 7.18. The average Bonchev–Trinajstić information content (AvgIpc) is 3.11. The number of hydrogen-bond donors (Lipinski definition) is 1. The molecule has 4 aromatic rings. The highest BCUT2D eigenvalue weighted by Crippen LogP contribution is 2.33. The molecule has 0 spiro atoms. The fourth-order valence-corrected chi connectivity index (χ4v) is 5.66. The molecule has 6 heteroatoms. The molecular weight excluding hydrogens is 542 g/mol. The first-order valence-corrected chi connectivity index (χ1v) is 13.2. The number of piperazine rings is 1. The lowest BCUT2D eigenvalue weighted by Crippen LogP contribution is -2.49. The van der Waals surface area contributed by atoms with Gasteiger partial charge in [-0.15, -0.1) is 0 Å². The van der Waals surface area contributed by atoms with Crippen molar-refractivity contribution in [2.24, 2.45) is 0 Å². The Labute approximate surface area is 212 Å². The smallest absolute Gasteiger partial charge is 0.0845 e. The third kappa shape index (κ3) is 5.36. The molecule has 1 N–H and O–H groups in total. The maximum atomic E-state index is 11.0. The van der Waals surface area contributed by atoms with Gasteiger partial charge < -0.3 is 14.6 Å². The van der Waals surface area contributed by atoms with Gasteiger partial charge in [-0.3, -0.25) is 4.90 Å². The Hall–Kier alpha value is -1.70. The Morgan fingerprint density at radius 3 is 1.91 bits per heavy atom. The number of benzene rings is 3. The van der Waals surface area contributed by atoms with Crippen LogP contribution in [0, 0.1) is 0 Å². The Morgan fingerprint density at radius 2 is 1.30 bits per heavy atom. The van der Waals surface area contributed by atoms with Gasteiger partial charge >= 0.3 is 0 Å². The van der Waals surface area contributed by atoms with Gasteiger partial charge in [0.15, 0.2) is 0 Å². The maximum absolute atomic E-state index is 11.0. The first-order chi connectivity index (χ1) is 16.1.